The second kappa shape index (κ2) is 7.16. The molecule has 1 atom stereocenters. The van der Waals surface area contributed by atoms with Crippen LogP contribution in [-0.2, 0) is 6.42 Å². The van der Waals surface area contributed by atoms with Gasteiger partial charge in [-0.05, 0) is 42.7 Å². The predicted molar refractivity (Wildman–Crippen MR) is 93.2 cm³/mol. The van der Waals surface area contributed by atoms with Gasteiger partial charge in [-0.1, -0.05) is 43.7 Å². The Morgan fingerprint density at radius 3 is 2.38 bits per heavy atom. The predicted octanol–water partition coefficient (Wildman–Crippen LogP) is 4.88. The second-order valence-corrected chi connectivity index (χ2v) is 5.80. The summed E-state index contributed by atoms with van der Waals surface area (Å²) in [6.45, 7) is 4.42. The average molecular weight is 282 g/mol. The van der Waals surface area contributed by atoms with Crippen molar-refractivity contribution in [3.8, 4) is 0 Å². The Kier molecular flexibility index (Phi) is 5.26. The summed E-state index contributed by atoms with van der Waals surface area (Å²) in [4.78, 5) is 2.12. The van der Waals surface area contributed by atoms with Crippen LogP contribution in [0.2, 0.25) is 0 Å². The van der Waals surface area contributed by atoms with E-state index >= 15 is 0 Å². The van der Waals surface area contributed by atoms with Crippen LogP contribution in [0.3, 0.4) is 0 Å². The van der Waals surface area contributed by atoms with Crippen LogP contribution in [0.1, 0.15) is 37.4 Å². The summed E-state index contributed by atoms with van der Waals surface area (Å²) in [6, 6.07) is 17.8. The van der Waals surface area contributed by atoms with Gasteiger partial charge in [-0.15, -0.1) is 0 Å². The molecule has 2 rings (SSSR count). The number of hydrogen-bond donors (Lipinski definition) is 1. The molecule has 0 saturated carbocycles. The first-order valence-corrected chi connectivity index (χ1v) is 7.73. The number of anilines is 2. The van der Waals surface area contributed by atoms with E-state index in [-0.39, 0.29) is 0 Å². The molecule has 0 aliphatic carbocycles. The number of nitrogens with one attached hydrogen (secondary N) is 1. The van der Waals surface area contributed by atoms with E-state index in [0.29, 0.717) is 6.04 Å². The first kappa shape index (κ1) is 15.4. The van der Waals surface area contributed by atoms with Crippen LogP contribution in [0.15, 0.2) is 48.5 Å². The molecule has 0 aromatic heterocycles. The van der Waals surface area contributed by atoms with Gasteiger partial charge < -0.3 is 10.2 Å². The molecule has 21 heavy (non-hydrogen) atoms. The van der Waals surface area contributed by atoms with Crippen LogP contribution < -0.4 is 10.2 Å². The topological polar surface area (TPSA) is 15.3 Å². The Bertz CT molecular complexity index is 558. The van der Waals surface area contributed by atoms with Crippen LogP contribution >= 0.6 is 0 Å². The molecule has 2 nitrogen and oxygen atoms in total. The number of rotatable bonds is 6. The van der Waals surface area contributed by atoms with E-state index in [9.17, 15) is 0 Å². The molecule has 0 aliphatic heterocycles. The van der Waals surface area contributed by atoms with Gasteiger partial charge in [0.1, 0.15) is 0 Å². The minimum absolute atomic E-state index is 0.304. The van der Waals surface area contributed by atoms with Crippen molar-refractivity contribution in [3.05, 3.63) is 59.7 Å². The normalized spacial score (nSPS) is 12.0. The Morgan fingerprint density at radius 1 is 1.05 bits per heavy atom. The van der Waals surface area contributed by atoms with Crippen LogP contribution in [0.25, 0.3) is 0 Å². The summed E-state index contributed by atoms with van der Waals surface area (Å²) in [6.07, 6.45) is 2.36. The molecule has 2 heteroatoms. The number of nitrogens with zero attached hydrogens (tertiary/aromatic N) is 1. The lowest BCUT2D eigenvalue weighted by Crippen LogP contribution is -2.10. The van der Waals surface area contributed by atoms with Gasteiger partial charge in [-0.25, -0.2) is 0 Å². The van der Waals surface area contributed by atoms with Crippen molar-refractivity contribution < 1.29 is 0 Å². The second-order valence-electron chi connectivity index (χ2n) is 5.80. The third-order valence-corrected chi connectivity index (χ3v) is 3.76. The van der Waals surface area contributed by atoms with Gasteiger partial charge >= 0.3 is 0 Å². The minimum atomic E-state index is 0.304. The summed E-state index contributed by atoms with van der Waals surface area (Å²) in [5.41, 5.74) is 5.12. The van der Waals surface area contributed by atoms with Crippen LogP contribution in [0.4, 0.5) is 11.4 Å². The Balaban J connectivity index is 2.06. The first-order chi connectivity index (χ1) is 10.1. The SMILES string of the molecule is CCCc1ccc(C(C)Nc2cccc(N(C)C)c2)cc1. The van der Waals surface area contributed by atoms with Gasteiger partial charge in [-0.2, -0.15) is 0 Å². The van der Waals surface area contributed by atoms with Gasteiger partial charge in [0, 0.05) is 31.5 Å². The molecule has 0 saturated heterocycles. The molecule has 112 valence electrons. The lowest BCUT2D eigenvalue weighted by Gasteiger charge is -2.19. The minimum Gasteiger partial charge on any atom is -0.378 e. The highest BCUT2D eigenvalue weighted by Crippen LogP contribution is 2.23. The summed E-state index contributed by atoms with van der Waals surface area (Å²) in [5.74, 6) is 0. The lowest BCUT2D eigenvalue weighted by molar-refractivity contribution is 0.876. The summed E-state index contributed by atoms with van der Waals surface area (Å²) in [7, 11) is 4.13. The van der Waals surface area contributed by atoms with E-state index < -0.39 is 0 Å². The number of benzene rings is 2. The monoisotopic (exact) mass is 282 g/mol. The Labute approximate surface area is 128 Å². The lowest BCUT2D eigenvalue weighted by atomic mass is 10.0. The van der Waals surface area contributed by atoms with E-state index in [1.165, 1.54) is 23.2 Å². The molecule has 0 spiro atoms. The smallest absolute Gasteiger partial charge is 0.0485 e. The van der Waals surface area contributed by atoms with Gasteiger partial charge in [0.15, 0.2) is 0 Å². The van der Waals surface area contributed by atoms with Crippen molar-refractivity contribution in [1.82, 2.24) is 0 Å². The van der Waals surface area contributed by atoms with Crippen LogP contribution in [0, 0.1) is 0 Å². The zero-order chi connectivity index (χ0) is 15.2. The quantitative estimate of drug-likeness (QED) is 0.812. The van der Waals surface area contributed by atoms with Gasteiger partial charge in [0.05, 0.1) is 0 Å². The van der Waals surface area contributed by atoms with E-state index in [0.717, 1.165) is 12.1 Å². The highest BCUT2D eigenvalue weighted by molar-refractivity contribution is 5.58. The van der Waals surface area contributed by atoms with Crippen molar-refractivity contribution in [3.63, 3.8) is 0 Å². The zero-order valence-corrected chi connectivity index (χ0v) is 13.6. The largest absolute Gasteiger partial charge is 0.378 e. The maximum atomic E-state index is 3.58. The molecule has 2 aromatic rings. The van der Waals surface area contributed by atoms with Gasteiger partial charge in [0.25, 0.3) is 0 Å². The third kappa shape index (κ3) is 4.25. The molecule has 1 unspecified atom stereocenters. The van der Waals surface area contributed by atoms with E-state index in [4.69, 9.17) is 0 Å². The molecule has 1 N–H and O–H groups in total. The van der Waals surface area contributed by atoms with Crippen LogP contribution in [-0.4, -0.2) is 14.1 Å². The summed E-state index contributed by atoms with van der Waals surface area (Å²) in [5, 5.41) is 3.58. The van der Waals surface area contributed by atoms with Crippen LogP contribution in [0.5, 0.6) is 0 Å². The molecule has 0 radical (unpaired) electrons. The van der Waals surface area contributed by atoms with Crippen molar-refractivity contribution in [2.45, 2.75) is 32.7 Å². The van der Waals surface area contributed by atoms with Gasteiger partial charge in [-0.3, -0.25) is 0 Å². The maximum absolute atomic E-state index is 3.58. The summed E-state index contributed by atoms with van der Waals surface area (Å²) < 4.78 is 0. The number of aryl methyl sites for hydroxylation is 1. The van der Waals surface area contributed by atoms with E-state index in [1.807, 2.05) is 0 Å². The van der Waals surface area contributed by atoms with E-state index in [1.54, 1.807) is 0 Å². The molecular formula is C19H26N2. The summed E-state index contributed by atoms with van der Waals surface area (Å²) >= 11 is 0. The highest BCUT2D eigenvalue weighted by atomic mass is 15.1. The Morgan fingerprint density at radius 2 is 1.76 bits per heavy atom. The fraction of sp³-hybridized carbons (Fsp3) is 0.368. The molecule has 0 amide bonds. The fourth-order valence-electron chi connectivity index (χ4n) is 2.47. The van der Waals surface area contributed by atoms with Crippen molar-refractivity contribution in [1.29, 1.82) is 0 Å². The fourth-order valence-corrected chi connectivity index (χ4v) is 2.47. The molecule has 0 fully saturated rings. The average Bonchev–Trinajstić information content (AvgIpc) is 2.48. The van der Waals surface area contributed by atoms with Crippen molar-refractivity contribution in [2.75, 3.05) is 24.3 Å². The molecular weight excluding hydrogens is 256 g/mol. The number of hydrogen-bond acceptors (Lipinski definition) is 2. The van der Waals surface area contributed by atoms with Gasteiger partial charge in [0.2, 0.25) is 0 Å². The molecule has 0 aliphatic rings. The Hall–Kier alpha value is -1.96. The highest BCUT2D eigenvalue weighted by Gasteiger charge is 2.06. The van der Waals surface area contributed by atoms with Crippen molar-refractivity contribution >= 4 is 11.4 Å². The molecule has 0 heterocycles. The first-order valence-electron chi connectivity index (χ1n) is 7.73. The molecule has 0 bridgehead atoms. The maximum Gasteiger partial charge on any atom is 0.0485 e. The third-order valence-electron chi connectivity index (χ3n) is 3.76. The van der Waals surface area contributed by atoms with E-state index in [2.05, 4.69) is 86.7 Å². The molecule has 2 aromatic carbocycles. The zero-order valence-electron chi connectivity index (χ0n) is 13.6. The standard InChI is InChI=1S/C19H26N2/c1-5-7-16-10-12-17(13-11-16)15(2)20-18-8-6-9-19(14-18)21(3)4/h6,8-15,20H,5,7H2,1-4H3. The van der Waals surface area contributed by atoms with Crippen molar-refractivity contribution in [2.24, 2.45) is 0 Å².